The van der Waals surface area contributed by atoms with Crippen LogP contribution in [0.3, 0.4) is 0 Å². The smallest absolute Gasteiger partial charge is 0.408 e. The number of hydrogen-bond donors (Lipinski definition) is 1. The molecule has 2 aromatic carbocycles. The van der Waals surface area contributed by atoms with Gasteiger partial charge < -0.3 is 43.4 Å². The van der Waals surface area contributed by atoms with E-state index >= 15 is 0 Å². The van der Waals surface area contributed by atoms with Crippen molar-refractivity contribution in [3.05, 3.63) is 65.4 Å². The first kappa shape index (κ1) is 40.9. The zero-order valence-corrected chi connectivity index (χ0v) is 31.9. The molecule has 54 heavy (non-hydrogen) atoms. The van der Waals surface area contributed by atoms with Gasteiger partial charge in [0.1, 0.15) is 18.2 Å². The molecule has 1 saturated carbocycles. The van der Waals surface area contributed by atoms with Gasteiger partial charge in [-0.1, -0.05) is 49.6 Å². The number of aromatic nitrogens is 1. The zero-order chi connectivity index (χ0) is 38.7. The second-order valence-electron chi connectivity index (χ2n) is 14.8. The highest BCUT2D eigenvalue weighted by Crippen LogP contribution is 2.35. The molecule has 2 aliphatic rings. The van der Waals surface area contributed by atoms with E-state index in [1.54, 1.807) is 37.6 Å². The van der Waals surface area contributed by atoms with E-state index < -0.39 is 35.3 Å². The van der Waals surface area contributed by atoms with Crippen molar-refractivity contribution < 1.29 is 46.8 Å². The average molecular weight is 757 g/mol. The molecule has 3 amide bonds. The van der Waals surface area contributed by atoms with E-state index in [4.69, 9.17) is 23.7 Å². The van der Waals surface area contributed by atoms with Crippen LogP contribution in [0, 0.1) is 17.6 Å². The average Bonchev–Trinajstić information content (AvgIpc) is 3.41. The largest absolute Gasteiger partial charge is 0.488 e. The fourth-order valence-corrected chi connectivity index (χ4v) is 6.95. The molecule has 5 rings (SSSR count). The Bertz CT molecular complexity index is 1700. The van der Waals surface area contributed by atoms with Gasteiger partial charge in [-0.2, -0.15) is 0 Å². The number of fused-ring (bicyclic) bond motifs is 1. The van der Waals surface area contributed by atoms with Crippen molar-refractivity contribution in [2.75, 3.05) is 65.8 Å². The Labute approximate surface area is 316 Å². The van der Waals surface area contributed by atoms with Crippen LogP contribution in [-0.2, 0) is 37.4 Å². The number of halogens is 2. The number of ether oxygens (including phenoxy) is 5. The fourth-order valence-electron chi connectivity index (χ4n) is 6.95. The SMILES string of the molecule is Cn1c(C(=O)N2CCN(C(=O)[C@@H](NC(=O)OC(C)(C)C)C3CCCCC3)CC2)c(OCCOCCOCCOCc2ccccc2)c2cc(F)c(F)cc21. The van der Waals surface area contributed by atoms with Crippen LogP contribution < -0.4 is 10.1 Å². The van der Waals surface area contributed by atoms with Crippen LogP contribution in [-0.4, -0.2) is 110 Å². The maximum atomic E-state index is 14.5. The van der Waals surface area contributed by atoms with Gasteiger partial charge >= 0.3 is 6.09 Å². The summed E-state index contributed by atoms with van der Waals surface area (Å²) in [6, 6.07) is 11.2. The number of piperazine rings is 1. The Morgan fingerprint density at radius 3 is 2.06 bits per heavy atom. The standard InChI is InChI=1S/C40H54F2N4O8/c1-40(2,3)54-39(49)43-34(29-13-9-6-10-14-29)37(47)45-15-17-46(18-16-45)38(48)35-36(30-25-31(41)32(42)26-33(30)44(35)4)53-24-23-51-20-19-50-21-22-52-27-28-11-7-5-8-12-28/h5,7-8,11-12,25-26,29,34H,6,9-10,13-24,27H2,1-4H3,(H,43,49)/t34-/m0/s1. The van der Waals surface area contributed by atoms with Gasteiger partial charge in [-0.15, -0.1) is 0 Å². The molecule has 0 bridgehead atoms. The van der Waals surface area contributed by atoms with Gasteiger partial charge in [-0.3, -0.25) is 9.59 Å². The highest BCUT2D eigenvalue weighted by molar-refractivity contribution is 6.04. The molecular weight excluding hydrogens is 702 g/mol. The molecule has 1 atom stereocenters. The Balaban J connectivity index is 1.16. The molecule has 1 aliphatic heterocycles. The van der Waals surface area contributed by atoms with Crippen molar-refractivity contribution >= 4 is 28.8 Å². The van der Waals surface area contributed by atoms with Crippen LogP contribution in [0.25, 0.3) is 10.9 Å². The van der Waals surface area contributed by atoms with Crippen molar-refractivity contribution in [1.29, 1.82) is 0 Å². The van der Waals surface area contributed by atoms with E-state index in [9.17, 15) is 23.2 Å². The predicted octanol–water partition coefficient (Wildman–Crippen LogP) is 5.84. The topological polar surface area (TPSA) is 121 Å². The summed E-state index contributed by atoms with van der Waals surface area (Å²) in [4.78, 5) is 44.0. The maximum Gasteiger partial charge on any atom is 0.408 e. The first-order chi connectivity index (χ1) is 25.9. The lowest BCUT2D eigenvalue weighted by atomic mass is 9.83. The molecule has 12 nitrogen and oxygen atoms in total. The molecule has 0 unspecified atom stereocenters. The molecule has 1 saturated heterocycles. The fraction of sp³-hybridized carbons (Fsp3) is 0.575. The van der Waals surface area contributed by atoms with Gasteiger partial charge in [-0.05, 0) is 51.2 Å². The van der Waals surface area contributed by atoms with Gasteiger partial charge in [0.25, 0.3) is 5.91 Å². The first-order valence-corrected chi connectivity index (χ1v) is 18.9. The predicted molar refractivity (Wildman–Crippen MR) is 198 cm³/mol. The van der Waals surface area contributed by atoms with Crippen molar-refractivity contribution in [2.45, 2.75) is 71.1 Å². The Kier molecular flexibility index (Phi) is 14.7. The molecule has 2 heterocycles. The number of alkyl carbamates (subject to hydrolysis) is 1. The maximum absolute atomic E-state index is 14.5. The summed E-state index contributed by atoms with van der Waals surface area (Å²) in [5.41, 5.74) is 0.820. The van der Waals surface area contributed by atoms with Crippen LogP contribution in [0.5, 0.6) is 5.75 Å². The Hall–Kier alpha value is -4.27. The molecular formula is C40H54F2N4O8. The summed E-state index contributed by atoms with van der Waals surface area (Å²) in [6.07, 6.45) is 4.11. The lowest BCUT2D eigenvalue weighted by molar-refractivity contribution is -0.136. The second kappa shape index (κ2) is 19.4. The van der Waals surface area contributed by atoms with E-state index in [0.717, 1.165) is 49.8 Å². The molecule has 0 spiro atoms. The third kappa shape index (κ3) is 11.1. The van der Waals surface area contributed by atoms with Gasteiger partial charge in [-0.25, -0.2) is 13.6 Å². The minimum Gasteiger partial charge on any atom is -0.488 e. The lowest BCUT2D eigenvalue weighted by Crippen LogP contribution is -2.58. The number of carbonyl (C=O) groups is 3. The Morgan fingerprint density at radius 1 is 0.815 bits per heavy atom. The molecule has 1 aliphatic carbocycles. The van der Waals surface area contributed by atoms with Gasteiger partial charge in [0.2, 0.25) is 5.91 Å². The van der Waals surface area contributed by atoms with E-state index in [1.807, 2.05) is 30.3 Å². The minimum absolute atomic E-state index is 0.00371. The van der Waals surface area contributed by atoms with E-state index in [1.165, 1.54) is 4.57 Å². The summed E-state index contributed by atoms with van der Waals surface area (Å²) in [5.74, 6) is -2.56. The van der Waals surface area contributed by atoms with Gasteiger partial charge in [0, 0.05) is 44.7 Å². The number of nitrogens with one attached hydrogen (secondary N) is 1. The molecule has 14 heteroatoms. The van der Waals surface area contributed by atoms with Crippen molar-refractivity contribution in [2.24, 2.45) is 13.0 Å². The number of amides is 3. The summed E-state index contributed by atoms with van der Waals surface area (Å²) in [7, 11) is 1.61. The van der Waals surface area contributed by atoms with Crippen molar-refractivity contribution in [1.82, 2.24) is 19.7 Å². The van der Waals surface area contributed by atoms with E-state index in [-0.39, 0.29) is 68.0 Å². The number of benzene rings is 2. The van der Waals surface area contributed by atoms with E-state index in [0.29, 0.717) is 38.6 Å². The second-order valence-corrected chi connectivity index (χ2v) is 14.8. The molecule has 296 valence electrons. The molecule has 1 aromatic heterocycles. The summed E-state index contributed by atoms with van der Waals surface area (Å²) >= 11 is 0. The van der Waals surface area contributed by atoms with Crippen LogP contribution in [0.15, 0.2) is 42.5 Å². The monoisotopic (exact) mass is 756 g/mol. The van der Waals surface area contributed by atoms with Crippen LogP contribution in [0.2, 0.25) is 0 Å². The lowest BCUT2D eigenvalue weighted by Gasteiger charge is -2.39. The minimum atomic E-state index is -1.06. The molecule has 0 radical (unpaired) electrons. The summed E-state index contributed by atoms with van der Waals surface area (Å²) in [6.45, 7) is 8.53. The number of aryl methyl sites for hydroxylation is 1. The van der Waals surface area contributed by atoms with Crippen molar-refractivity contribution in [3.8, 4) is 5.75 Å². The molecule has 3 aromatic rings. The quantitative estimate of drug-likeness (QED) is 0.181. The number of rotatable bonds is 16. The zero-order valence-electron chi connectivity index (χ0n) is 31.9. The van der Waals surface area contributed by atoms with Gasteiger partial charge in [0.05, 0.1) is 45.2 Å². The molecule has 1 N–H and O–H groups in total. The third-order valence-electron chi connectivity index (χ3n) is 9.67. The van der Waals surface area contributed by atoms with E-state index in [2.05, 4.69) is 5.32 Å². The molecule has 2 fully saturated rings. The first-order valence-electron chi connectivity index (χ1n) is 18.9. The summed E-state index contributed by atoms with van der Waals surface area (Å²) < 4.78 is 58.7. The van der Waals surface area contributed by atoms with Crippen LogP contribution >= 0.6 is 0 Å². The number of nitrogens with zero attached hydrogens (tertiary/aromatic N) is 3. The highest BCUT2D eigenvalue weighted by Gasteiger charge is 2.37. The normalized spacial score (nSPS) is 16.0. The van der Waals surface area contributed by atoms with Crippen LogP contribution in [0.1, 0.15) is 68.9 Å². The summed E-state index contributed by atoms with van der Waals surface area (Å²) in [5, 5.41) is 3.11. The van der Waals surface area contributed by atoms with Crippen LogP contribution in [0.4, 0.5) is 13.6 Å². The number of hydrogen-bond acceptors (Lipinski definition) is 8. The Morgan fingerprint density at radius 2 is 1.41 bits per heavy atom. The van der Waals surface area contributed by atoms with Gasteiger partial charge in [0.15, 0.2) is 23.1 Å². The van der Waals surface area contributed by atoms with Crippen molar-refractivity contribution in [3.63, 3.8) is 0 Å². The number of carbonyl (C=O) groups excluding carboxylic acids is 3. The highest BCUT2D eigenvalue weighted by atomic mass is 19.2. The third-order valence-corrected chi connectivity index (χ3v) is 9.67.